The van der Waals surface area contributed by atoms with Crippen LogP contribution in [0, 0.1) is 12.8 Å². The summed E-state index contributed by atoms with van der Waals surface area (Å²) in [6.45, 7) is 3.43. The van der Waals surface area contributed by atoms with Crippen LogP contribution in [0.5, 0.6) is 5.75 Å². The van der Waals surface area contributed by atoms with E-state index in [0.29, 0.717) is 12.0 Å². The number of rotatable bonds is 5. The number of hydrogen-bond acceptors (Lipinski definition) is 4. The molecule has 2 aromatic carbocycles. The number of aromatic hydroxyl groups is 1. The van der Waals surface area contributed by atoms with E-state index < -0.39 is 23.7 Å². The van der Waals surface area contributed by atoms with Crippen molar-refractivity contribution in [3.63, 3.8) is 0 Å². The maximum absolute atomic E-state index is 12.7. The third kappa shape index (κ3) is 3.20. The summed E-state index contributed by atoms with van der Waals surface area (Å²) in [6.07, 6.45) is 2.42. The second-order valence-corrected chi connectivity index (χ2v) is 7.57. The molecule has 2 heterocycles. The Labute approximate surface area is 168 Å². The number of fused-ring (bicyclic) bond motifs is 1. The molecule has 2 atom stereocenters. The predicted octanol–water partition coefficient (Wildman–Crippen LogP) is 3.08. The SMILES string of the molecule is CC(=O)C1C(=O)C(=O)N(CCc2c[nH]c3ccccc23)C1c1ccc(C)cc1O. The number of hydrogen-bond donors (Lipinski definition) is 2. The Bertz CT molecular complexity index is 1130. The smallest absolute Gasteiger partial charge is 0.291 e. The van der Waals surface area contributed by atoms with Crippen LogP contribution < -0.4 is 0 Å². The molecule has 6 nitrogen and oxygen atoms in total. The summed E-state index contributed by atoms with van der Waals surface area (Å²) in [5.74, 6) is -2.86. The van der Waals surface area contributed by atoms with Gasteiger partial charge in [-0.2, -0.15) is 0 Å². The molecule has 0 radical (unpaired) electrons. The highest BCUT2D eigenvalue weighted by Crippen LogP contribution is 2.40. The van der Waals surface area contributed by atoms with Crippen molar-refractivity contribution in [3.05, 3.63) is 65.4 Å². The Hall–Kier alpha value is -3.41. The van der Waals surface area contributed by atoms with Crippen LogP contribution in [-0.4, -0.2) is 39.0 Å². The van der Waals surface area contributed by atoms with E-state index in [1.165, 1.54) is 11.8 Å². The fraction of sp³-hybridized carbons (Fsp3) is 0.261. The third-order valence-corrected chi connectivity index (χ3v) is 5.65. The topological polar surface area (TPSA) is 90.5 Å². The zero-order valence-electron chi connectivity index (χ0n) is 16.3. The molecule has 1 amide bonds. The lowest BCUT2D eigenvalue weighted by molar-refractivity contribution is -0.142. The molecule has 29 heavy (non-hydrogen) atoms. The first kappa shape index (κ1) is 18.9. The summed E-state index contributed by atoms with van der Waals surface area (Å²) in [5.41, 5.74) is 3.31. The fourth-order valence-electron chi connectivity index (χ4n) is 4.20. The molecule has 0 spiro atoms. The number of aromatic nitrogens is 1. The highest BCUT2D eigenvalue weighted by molar-refractivity contribution is 6.42. The van der Waals surface area contributed by atoms with Crippen LogP contribution in [0.3, 0.4) is 0 Å². The van der Waals surface area contributed by atoms with Gasteiger partial charge in [-0.1, -0.05) is 30.3 Å². The van der Waals surface area contributed by atoms with Crippen molar-refractivity contribution in [1.29, 1.82) is 0 Å². The normalized spacial score (nSPS) is 19.3. The first-order chi connectivity index (χ1) is 13.9. The van der Waals surface area contributed by atoms with E-state index >= 15 is 0 Å². The number of phenolic OH excluding ortho intramolecular Hbond substituents is 1. The van der Waals surface area contributed by atoms with Crippen molar-refractivity contribution >= 4 is 28.4 Å². The highest BCUT2D eigenvalue weighted by Gasteiger charge is 2.50. The number of H-pyrrole nitrogens is 1. The summed E-state index contributed by atoms with van der Waals surface area (Å²) in [5, 5.41) is 11.5. The van der Waals surface area contributed by atoms with Crippen LogP contribution in [0.15, 0.2) is 48.7 Å². The number of aryl methyl sites for hydroxylation is 1. The number of nitrogens with one attached hydrogen (secondary N) is 1. The van der Waals surface area contributed by atoms with Crippen molar-refractivity contribution in [2.75, 3.05) is 6.54 Å². The van der Waals surface area contributed by atoms with Gasteiger partial charge in [0.2, 0.25) is 5.78 Å². The second-order valence-electron chi connectivity index (χ2n) is 7.57. The summed E-state index contributed by atoms with van der Waals surface area (Å²) in [4.78, 5) is 42.2. The van der Waals surface area contributed by atoms with Gasteiger partial charge in [-0.15, -0.1) is 0 Å². The van der Waals surface area contributed by atoms with E-state index in [9.17, 15) is 19.5 Å². The average molecular weight is 390 g/mol. The lowest BCUT2D eigenvalue weighted by atomic mass is 9.89. The van der Waals surface area contributed by atoms with Crippen molar-refractivity contribution < 1.29 is 19.5 Å². The quantitative estimate of drug-likeness (QED) is 0.517. The summed E-state index contributed by atoms with van der Waals surface area (Å²) in [6, 6.07) is 12.1. The zero-order valence-corrected chi connectivity index (χ0v) is 16.3. The van der Waals surface area contributed by atoms with E-state index in [1.807, 2.05) is 37.4 Å². The molecule has 0 saturated carbocycles. The molecule has 1 saturated heterocycles. The number of Topliss-reactive ketones (excluding diaryl/α,β-unsaturated/α-hetero) is 2. The number of ketones is 2. The molecular weight excluding hydrogens is 368 g/mol. The first-order valence-electron chi connectivity index (χ1n) is 9.58. The molecule has 6 heteroatoms. The molecule has 1 aromatic heterocycles. The van der Waals surface area contributed by atoms with Crippen molar-refractivity contribution in [2.45, 2.75) is 26.3 Å². The van der Waals surface area contributed by atoms with Crippen molar-refractivity contribution in [1.82, 2.24) is 9.88 Å². The van der Waals surface area contributed by atoms with E-state index in [1.54, 1.807) is 18.2 Å². The zero-order chi connectivity index (χ0) is 20.7. The highest BCUT2D eigenvalue weighted by atomic mass is 16.3. The number of likely N-dealkylation sites (tertiary alicyclic amines) is 1. The second kappa shape index (κ2) is 7.20. The molecule has 2 N–H and O–H groups in total. The van der Waals surface area contributed by atoms with Gasteiger partial charge >= 0.3 is 0 Å². The maximum Gasteiger partial charge on any atom is 0.291 e. The number of phenols is 1. The lowest BCUT2D eigenvalue weighted by Gasteiger charge is -2.27. The number of para-hydroxylation sites is 1. The van der Waals surface area contributed by atoms with E-state index in [2.05, 4.69) is 4.98 Å². The van der Waals surface area contributed by atoms with Gasteiger partial charge in [-0.05, 0) is 43.5 Å². The van der Waals surface area contributed by atoms with Crippen LogP contribution in [0.2, 0.25) is 0 Å². The molecule has 1 aliphatic heterocycles. The molecule has 148 valence electrons. The van der Waals surface area contributed by atoms with Crippen LogP contribution >= 0.6 is 0 Å². The molecule has 3 aromatic rings. The maximum atomic E-state index is 12.7. The summed E-state index contributed by atoms with van der Waals surface area (Å²) in [7, 11) is 0. The predicted molar refractivity (Wildman–Crippen MR) is 108 cm³/mol. The van der Waals surface area contributed by atoms with Crippen LogP contribution in [-0.2, 0) is 20.8 Å². The van der Waals surface area contributed by atoms with Gasteiger partial charge in [0.25, 0.3) is 5.91 Å². The Morgan fingerprint density at radius 2 is 1.93 bits per heavy atom. The van der Waals surface area contributed by atoms with Gasteiger partial charge in [-0.25, -0.2) is 0 Å². The first-order valence-corrected chi connectivity index (χ1v) is 9.58. The minimum absolute atomic E-state index is 0.0131. The molecule has 2 unspecified atom stereocenters. The summed E-state index contributed by atoms with van der Waals surface area (Å²) < 4.78 is 0. The fourth-order valence-corrected chi connectivity index (χ4v) is 4.20. The van der Waals surface area contributed by atoms with E-state index in [-0.39, 0.29) is 18.1 Å². The minimum atomic E-state index is -1.10. The number of aromatic amines is 1. The van der Waals surface area contributed by atoms with Crippen LogP contribution in [0.25, 0.3) is 10.9 Å². The minimum Gasteiger partial charge on any atom is -0.508 e. The Morgan fingerprint density at radius 1 is 1.17 bits per heavy atom. The Morgan fingerprint density at radius 3 is 2.66 bits per heavy atom. The van der Waals surface area contributed by atoms with Crippen molar-refractivity contribution in [2.24, 2.45) is 5.92 Å². The monoisotopic (exact) mass is 390 g/mol. The van der Waals surface area contributed by atoms with E-state index in [4.69, 9.17) is 0 Å². The van der Waals surface area contributed by atoms with Gasteiger partial charge in [-0.3, -0.25) is 14.4 Å². The third-order valence-electron chi connectivity index (χ3n) is 5.65. The number of nitrogens with zero attached hydrogens (tertiary/aromatic N) is 1. The van der Waals surface area contributed by atoms with Gasteiger partial charge in [0.05, 0.1) is 6.04 Å². The Kier molecular flexibility index (Phi) is 4.70. The molecule has 1 fully saturated rings. The molecular formula is C23H22N2O4. The van der Waals surface area contributed by atoms with Gasteiger partial charge in [0.15, 0.2) is 0 Å². The number of amides is 1. The summed E-state index contributed by atoms with van der Waals surface area (Å²) >= 11 is 0. The number of carbonyl (C=O) groups is 3. The molecule has 1 aliphatic rings. The largest absolute Gasteiger partial charge is 0.508 e. The molecule has 0 bridgehead atoms. The average Bonchev–Trinajstić information content (AvgIpc) is 3.20. The number of benzene rings is 2. The standard InChI is InChI=1S/C23H22N2O4/c1-13-7-8-17(19(27)11-13)21-20(14(2)26)22(28)23(29)25(21)10-9-15-12-24-18-6-4-3-5-16(15)18/h3-8,11-12,20-21,24,27H,9-10H2,1-2H3. The van der Waals surface area contributed by atoms with Gasteiger partial charge in [0, 0.05) is 29.2 Å². The van der Waals surface area contributed by atoms with Crippen molar-refractivity contribution in [3.8, 4) is 5.75 Å². The van der Waals surface area contributed by atoms with Crippen LogP contribution in [0.1, 0.15) is 29.7 Å². The van der Waals surface area contributed by atoms with Crippen LogP contribution in [0.4, 0.5) is 0 Å². The lowest BCUT2D eigenvalue weighted by Crippen LogP contribution is -2.32. The molecule has 4 rings (SSSR count). The number of carbonyl (C=O) groups excluding carboxylic acids is 3. The van der Waals surface area contributed by atoms with E-state index in [0.717, 1.165) is 22.0 Å². The van der Waals surface area contributed by atoms with Gasteiger partial charge < -0.3 is 15.0 Å². The van der Waals surface area contributed by atoms with Gasteiger partial charge in [0.1, 0.15) is 17.5 Å². The Balaban J connectivity index is 1.70. The molecule has 0 aliphatic carbocycles.